The van der Waals surface area contributed by atoms with Crippen molar-refractivity contribution < 1.29 is 23.4 Å². The van der Waals surface area contributed by atoms with Gasteiger partial charge in [0.2, 0.25) is 0 Å². The van der Waals surface area contributed by atoms with Gasteiger partial charge in [0, 0.05) is 29.6 Å². The van der Waals surface area contributed by atoms with Crippen LogP contribution in [0.25, 0.3) is 16.9 Å². The molecular formula is C22H17F2N3O3. The van der Waals surface area contributed by atoms with Gasteiger partial charge in [-0.2, -0.15) is 0 Å². The zero-order valence-electron chi connectivity index (χ0n) is 15.9. The quantitative estimate of drug-likeness (QED) is 0.508. The van der Waals surface area contributed by atoms with Crippen molar-refractivity contribution in [3.8, 4) is 28.5 Å². The third-order valence-electron chi connectivity index (χ3n) is 4.91. The Morgan fingerprint density at radius 2 is 1.73 bits per heavy atom. The number of nitrogens with one attached hydrogen (secondary N) is 1. The fourth-order valence-corrected chi connectivity index (χ4v) is 3.59. The molecule has 0 amide bonds. The molecule has 0 radical (unpaired) electrons. The van der Waals surface area contributed by atoms with E-state index < -0.39 is 17.4 Å². The van der Waals surface area contributed by atoms with E-state index in [9.17, 15) is 13.9 Å². The number of pyridine rings is 1. The highest BCUT2D eigenvalue weighted by Gasteiger charge is 2.23. The third-order valence-corrected chi connectivity index (χ3v) is 4.91. The lowest BCUT2D eigenvalue weighted by molar-refractivity contribution is 0.171. The Morgan fingerprint density at radius 1 is 1.00 bits per heavy atom. The van der Waals surface area contributed by atoms with Gasteiger partial charge in [0.05, 0.1) is 5.56 Å². The molecule has 1 aliphatic rings. The van der Waals surface area contributed by atoms with Gasteiger partial charge in [-0.15, -0.1) is 0 Å². The first kappa shape index (κ1) is 18.2. The highest BCUT2D eigenvalue weighted by Crippen LogP contribution is 2.38. The number of halogens is 2. The molecule has 4 aromatic rings. The molecule has 0 atom stereocenters. The minimum atomic E-state index is -0.904. The maximum atomic E-state index is 14.7. The van der Waals surface area contributed by atoms with Gasteiger partial charge in [0.1, 0.15) is 47.8 Å². The summed E-state index contributed by atoms with van der Waals surface area (Å²) in [6.45, 7) is 2.80. The van der Waals surface area contributed by atoms with Gasteiger partial charge in [-0.1, -0.05) is 6.07 Å². The lowest BCUT2D eigenvalue weighted by Crippen LogP contribution is -2.15. The Bertz CT molecular complexity index is 1260. The van der Waals surface area contributed by atoms with Crippen LogP contribution in [0.1, 0.15) is 5.69 Å². The van der Waals surface area contributed by atoms with Crippen LogP contribution in [0.2, 0.25) is 0 Å². The number of ether oxygens (including phenoxy) is 2. The number of rotatable bonds is 3. The molecule has 5 rings (SSSR count). The molecule has 3 heterocycles. The van der Waals surface area contributed by atoms with E-state index in [0.717, 1.165) is 17.8 Å². The molecule has 6 nitrogen and oxygen atoms in total. The summed E-state index contributed by atoms with van der Waals surface area (Å²) >= 11 is 0. The van der Waals surface area contributed by atoms with Crippen molar-refractivity contribution in [1.29, 1.82) is 0 Å². The number of imidazole rings is 1. The normalized spacial score (nSPS) is 12.9. The smallest absolute Gasteiger partial charge is 0.163 e. The maximum absolute atomic E-state index is 14.7. The van der Waals surface area contributed by atoms with Crippen molar-refractivity contribution in [2.24, 2.45) is 0 Å². The van der Waals surface area contributed by atoms with Gasteiger partial charge < -0.3 is 19.9 Å². The summed E-state index contributed by atoms with van der Waals surface area (Å²) in [5, 5.41) is 12.7. The highest BCUT2D eigenvalue weighted by atomic mass is 19.1. The van der Waals surface area contributed by atoms with Gasteiger partial charge in [0.25, 0.3) is 0 Å². The molecule has 152 valence electrons. The zero-order valence-corrected chi connectivity index (χ0v) is 15.9. The fraction of sp³-hybridized carbons (Fsp3) is 0.136. The van der Waals surface area contributed by atoms with Crippen LogP contribution in [-0.2, 0) is 0 Å². The summed E-state index contributed by atoms with van der Waals surface area (Å²) in [6, 6.07) is 12.5. The zero-order chi connectivity index (χ0) is 20.8. The lowest BCUT2D eigenvalue weighted by Gasteiger charge is -2.19. The van der Waals surface area contributed by atoms with E-state index in [1.807, 2.05) is 19.1 Å². The summed E-state index contributed by atoms with van der Waals surface area (Å²) in [7, 11) is 0. The number of phenolic OH excluding ortho intramolecular Hbond substituents is 1. The number of nitrogens with zero attached hydrogens (tertiary/aromatic N) is 2. The van der Waals surface area contributed by atoms with E-state index in [2.05, 4.69) is 10.3 Å². The van der Waals surface area contributed by atoms with Gasteiger partial charge in [0.15, 0.2) is 11.5 Å². The Morgan fingerprint density at radius 3 is 2.50 bits per heavy atom. The summed E-state index contributed by atoms with van der Waals surface area (Å²) in [6.07, 6.45) is 0. The summed E-state index contributed by atoms with van der Waals surface area (Å²) < 4.78 is 42.3. The number of anilines is 2. The first-order chi connectivity index (χ1) is 14.5. The predicted molar refractivity (Wildman–Crippen MR) is 108 cm³/mol. The first-order valence-corrected chi connectivity index (χ1v) is 9.34. The van der Waals surface area contributed by atoms with Gasteiger partial charge >= 0.3 is 0 Å². The van der Waals surface area contributed by atoms with Crippen molar-refractivity contribution >= 4 is 17.2 Å². The highest BCUT2D eigenvalue weighted by molar-refractivity contribution is 5.81. The molecule has 0 aliphatic carbocycles. The minimum absolute atomic E-state index is 0.0918. The number of hydrogen-bond donors (Lipinski definition) is 2. The van der Waals surface area contributed by atoms with Crippen molar-refractivity contribution in [1.82, 2.24) is 9.38 Å². The molecule has 30 heavy (non-hydrogen) atoms. The van der Waals surface area contributed by atoms with Gasteiger partial charge in [-0.3, -0.25) is 4.40 Å². The average molecular weight is 409 g/mol. The number of fused-ring (bicyclic) bond motifs is 2. The number of aromatic nitrogens is 2. The fourth-order valence-electron chi connectivity index (χ4n) is 3.59. The molecule has 0 saturated carbocycles. The van der Waals surface area contributed by atoms with Crippen LogP contribution >= 0.6 is 0 Å². The second kappa shape index (κ2) is 6.91. The van der Waals surface area contributed by atoms with E-state index in [1.54, 1.807) is 28.7 Å². The molecule has 0 unspecified atom stereocenters. The SMILES string of the molecule is Cc1cccc2nc(-c3c(F)cc(O)cc3F)c(Nc3ccc4c(c3)OCCO4)n12. The topological polar surface area (TPSA) is 68.0 Å². The monoisotopic (exact) mass is 409 g/mol. The standard InChI is InChI=1S/C22H17F2N3O3/c1-12-3-2-4-19-26-21(20-15(23)10-14(28)11-16(20)24)22(27(12)19)25-13-5-6-17-18(9-13)30-8-7-29-17/h2-6,9-11,25,28H,7-8H2,1H3. The van der Waals surface area contributed by atoms with Crippen LogP contribution in [0.4, 0.5) is 20.3 Å². The first-order valence-electron chi connectivity index (χ1n) is 9.34. The van der Waals surface area contributed by atoms with Crippen molar-refractivity contribution in [2.75, 3.05) is 18.5 Å². The van der Waals surface area contributed by atoms with E-state index in [0.29, 0.717) is 41.9 Å². The van der Waals surface area contributed by atoms with Crippen molar-refractivity contribution in [2.45, 2.75) is 6.92 Å². The largest absolute Gasteiger partial charge is 0.508 e. The molecule has 0 fully saturated rings. The molecule has 2 N–H and O–H groups in total. The van der Waals surface area contributed by atoms with E-state index in [1.165, 1.54) is 0 Å². The van der Waals surface area contributed by atoms with Crippen molar-refractivity contribution in [3.05, 3.63) is 65.9 Å². The molecule has 8 heteroatoms. The summed E-state index contributed by atoms with van der Waals surface area (Å²) in [5.41, 5.74) is 1.76. The number of benzene rings is 2. The Kier molecular flexibility index (Phi) is 4.20. The third kappa shape index (κ3) is 2.97. The number of aromatic hydroxyl groups is 1. The Labute approximate surface area is 170 Å². The molecule has 1 aliphatic heterocycles. The van der Waals surface area contributed by atoms with Gasteiger partial charge in [-0.25, -0.2) is 13.8 Å². The second-order valence-electron chi connectivity index (χ2n) is 6.94. The molecule has 0 bridgehead atoms. The number of phenols is 1. The molecule has 2 aromatic carbocycles. The van der Waals surface area contributed by atoms with E-state index >= 15 is 0 Å². The van der Waals surface area contributed by atoms with Crippen LogP contribution in [0, 0.1) is 18.6 Å². The van der Waals surface area contributed by atoms with Crippen LogP contribution in [-0.4, -0.2) is 27.7 Å². The summed E-state index contributed by atoms with van der Waals surface area (Å²) in [4.78, 5) is 4.46. The van der Waals surface area contributed by atoms with Crippen molar-refractivity contribution in [3.63, 3.8) is 0 Å². The second-order valence-corrected chi connectivity index (χ2v) is 6.94. The summed E-state index contributed by atoms with van der Waals surface area (Å²) in [5.74, 6) is -0.687. The lowest BCUT2D eigenvalue weighted by atomic mass is 10.1. The van der Waals surface area contributed by atoms with E-state index in [-0.39, 0.29) is 11.3 Å². The van der Waals surface area contributed by atoms with Gasteiger partial charge in [-0.05, 0) is 31.2 Å². The van der Waals surface area contributed by atoms with Crippen LogP contribution in [0.15, 0.2) is 48.5 Å². The maximum Gasteiger partial charge on any atom is 0.163 e. The van der Waals surface area contributed by atoms with Crippen LogP contribution < -0.4 is 14.8 Å². The van der Waals surface area contributed by atoms with E-state index in [4.69, 9.17) is 9.47 Å². The molecule has 0 spiro atoms. The number of aryl methyl sites for hydroxylation is 1. The molecule has 2 aromatic heterocycles. The van der Waals surface area contributed by atoms with Crippen LogP contribution in [0.3, 0.4) is 0 Å². The molecule has 0 saturated heterocycles. The Balaban J connectivity index is 1.70. The Hall–Kier alpha value is -3.81. The molecular weight excluding hydrogens is 392 g/mol. The predicted octanol–water partition coefficient (Wildman–Crippen LogP) is 4.81. The average Bonchev–Trinajstić information content (AvgIpc) is 3.06. The minimum Gasteiger partial charge on any atom is -0.508 e. The van der Waals surface area contributed by atoms with Crippen LogP contribution in [0.5, 0.6) is 17.2 Å². The number of hydrogen-bond acceptors (Lipinski definition) is 5.